The van der Waals surface area contributed by atoms with Gasteiger partial charge in [-0.15, -0.1) is 0 Å². The van der Waals surface area contributed by atoms with Crippen molar-refractivity contribution in [2.45, 2.75) is 56.4 Å². The summed E-state index contributed by atoms with van der Waals surface area (Å²) in [5, 5.41) is 12.4. The van der Waals surface area contributed by atoms with Gasteiger partial charge in [-0.25, -0.2) is 0 Å². The van der Waals surface area contributed by atoms with Gasteiger partial charge < -0.3 is 9.84 Å². The monoisotopic (exact) mass is 211 g/mol. The van der Waals surface area contributed by atoms with Gasteiger partial charge in [-0.1, -0.05) is 0 Å². The molecule has 2 aliphatic heterocycles. The van der Waals surface area contributed by atoms with E-state index in [-0.39, 0.29) is 18.2 Å². The number of carbonyl (C=O) groups is 1. The molecule has 2 saturated heterocycles. The smallest absolute Gasteiger partial charge is 0.320 e. The van der Waals surface area contributed by atoms with Crippen LogP contribution in [0, 0.1) is 5.92 Å². The van der Waals surface area contributed by atoms with Crippen LogP contribution in [-0.2, 0) is 9.53 Å². The zero-order valence-corrected chi connectivity index (χ0v) is 8.69. The molecule has 0 amide bonds. The van der Waals surface area contributed by atoms with E-state index in [1.165, 1.54) is 0 Å². The van der Waals surface area contributed by atoms with Crippen LogP contribution in [0.3, 0.4) is 0 Å². The summed E-state index contributed by atoms with van der Waals surface area (Å²) in [7, 11) is 0. The minimum absolute atomic E-state index is 0.274. The first-order valence-electron chi connectivity index (χ1n) is 5.88. The number of rotatable bonds is 4. The summed E-state index contributed by atoms with van der Waals surface area (Å²) >= 11 is 0. The molecule has 1 saturated carbocycles. The van der Waals surface area contributed by atoms with Crippen molar-refractivity contribution in [3.8, 4) is 0 Å². The number of ether oxygens (including phenoxy) is 1. The first-order valence-corrected chi connectivity index (χ1v) is 5.88. The third-order valence-corrected chi connectivity index (χ3v) is 3.86. The summed E-state index contributed by atoms with van der Waals surface area (Å²) < 4.78 is 5.71. The maximum absolute atomic E-state index is 11.1. The van der Waals surface area contributed by atoms with Gasteiger partial charge in [0.05, 0.1) is 12.2 Å². The van der Waals surface area contributed by atoms with E-state index < -0.39 is 5.97 Å². The lowest BCUT2D eigenvalue weighted by Crippen LogP contribution is -2.48. The standard InChI is InChI=1S/C11H17NO3/c13-11(14)10(6-1-2-6)12-8-5-7-3-4-9(8)15-7/h6-10,12H,1-5H2,(H,13,14). The maximum atomic E-state index is 11.1. The van der Waals surface area contributed by atoms with Crippen molar-refractivity contribution in [1.82, 2.24) is 5.32 Å². The molecule has 4 heteroatoms. The highest BCUT2D eigenvalue weighted by Gasteiger charge is 2.45. The molecular formula is C11H17NO3. The molecule has 4 nitrogen and oxygen atoms in total. The van der Waals surface area contributed by atoms with E-state index in [0.29, 0.717) is 12.0 Å². The fraction of sp³-hybridized carbons (Fsp3) is 0.909. The molecule has 2 heterocycles. The highest BCUT2D eigenvalue weighted by molar-refractivity contribution is 5.74. The van der Waals surface area contributed by atoms with Gasteiger partial charge in [0.15, 0.2) is 0 Å². The molecule has 0 spiro atoms. The third kappa shape index (κ3) is 1.76. The van der Waals surface area contributed by atoms with Crippen LogP contribution in [0.25, 0.3) is 0 Å². The molecule has 15 heavy (non-hydrogen) atoms. The van der Waals surface area contributed by atoms with Gasteiger partial charge in [0, 0.05) is 6.04 Å². The lowest BCUT2D eigenvalue weighted by Gasteiger charge is -2.24. The second kappa shape index (κ2) is 3.46. The van der Waals surface area contributed by atoms with Crippen LogP contribution >= 0.6 is 0 Å². The summed E-state index contributed by atoms with van der Waals surface area (Å²) in [6.45, 7) is 0. The molecule has 84 valence electrons. The molecule has 0 aromatic carbocycles. The fourth-order valence-electron chi connectivity index (χ4n) is 2.88. The number of carboxylic acid groups (broad SMARTS) is 1. The number of hydrogen-bond donors (Lipinski definition) is 2. The lowest BCUT2D eigenvalue weighted by atomic mass is 9.94. The van der Waals surface area contributed by atoms with Gasteiger partial charge >= 0.3 is 5.97 Å². The van der Waals surface area contributed by atoms with Crippen molar-refractivity contribution in [1.29, 1.82) is 0 Å². The van der Waals surface area contributed by atoms with E-state index >= 15 is 0 Å². The molecule has 2 bridgehead atoms. The van der Waals surface area contributed by atoms with E-state index in [1.54, 1.807) is 0 Å². The molecular weight excluding hydrogens is 194 g/mol. The van der Waals surface area contributed by atoms with Crippen molar-refractivity contribution in [2.75, 3.05) is 0 Å². The first-order chi connectivity index (χ1) is 7.24. The summed E-state index contributed by atoms with van der Waals surface area (Å²) in [5.74, 6) is -0.332. The first kappa shape index (κ1) is 9.60. The van der Waals surface area contributed by atoms with Crippen molar-refractivity contribution in [3.05, 3.63) is 0 Å². The lowest BCUT2D eigenvalue weighted by molar-refractivity contribution is -0.140. The van der Waals surface area contributed by atoms with Crippen LogP contribution in [0.1, 0.15) is 32.1 Å². The Balaban J connectivity index is 1.61. The van der Waals surface area contributed by atoms with Crippen molar-refractivity contribution < 1.29 is 14.6 Å². The molecule has 4 unspecified atom stereocenters. The molecule has 0 aromatic heterocycles. The highest BCUT2D eigenvalue weighted by Crippen LogP contribution is 2.37. The van der Waals surface area contributed by atoms with Crippen molar-refractivity contribution in [3.63, 3.8) is 0 Å². The summed E-state index contributed by atoms with van der Waals surface area (Å²) in [5.41, 5.74) is 0. The number of hydrogen-bond acceptors (Lipinski definition) is 3. The molecule has 3 fully saturated rings. The van der Waals surface area contributed by atoms with Crippen LogP contribution in [0.15, 0.2) is 0 Å². The van der Waals surface area contributed by atoms with E-state index in [2.05, 4.69) is 5.32 Å². The normalized spacial score (nSPS) is 40.7. The fourth-order valence-corrected chi connectivity index (χ4v) is 2.88. The van der Waals surface area contributed by atoms with Crippen LogP contribution in [-0.4, -0.2) is 35.4 Å². The Morgan fingerprint density at radius 1 is 1.33 bits per heavy atom. The average molecular weight is 211 g/mol. The number of fused-ring (bicyclic) bond motifs is 2. The summed E-state index contributed by atoms with van der Waals surface area (Å²) in [4.78, 5) is 11.1. The van der Waals surface area contributed by atoms with E-state index in [9.17, 15) is 4.79 Å². The van der Waals surface area contributed by atoms with Crippen LogP contribution in [0.2, 0.25) is 0 Å². The summed E-state index contributed by atoms with van der Waals surface area (Å²) in [6, 6.07) is -0.0524. The Morgan fingerprint density at radius 2 is 2.13 bits per heavy atom. The Morgan fingerprint density at radius 3 is 2.60 bits per heavy atom. The van der Waals surface area contributed by atoms with Gasteiger partial charge in [0.1, 0.15) is 6.04 Å². The summed E-state index contributed by atoms with van der Waals surface area (Å²) in [6.07, 6.45) is 6.04. The van der Waals surface area contributed by atoms with E-state index in [0.717, 1.165) is 32.1 Å². The molecule has 0 radical (unpaired) electrons. The average Bonchev–Trinajstić information content (AvgIpc) is 2.83. The predicted octanol–water partition coefficient (Wildman–Crippen LogP) is 0.759. The van der Waals surface area contributed by atoms with Crippen LogP contribution in [0.4, 0.5) is 0 Å². The predicted molar refractivity (Wildman–Crippen MR) is 53.6 cm³/mol. The van der Waals surface area contributed by atoms with Gasteiger partial charge in [-0.05, 0) is 38.0 Å². The van der Waals surface area contributed by atoms with Crippen molar-refractivity contribution >= 4 is 5.97 Å². The van der Waals surface area contributed by atoms with E-state index in [1.807, 2.05) is 0 Å². The van der Waals surface area contributed by atoms with Crippen LogP contribution in [0.5, 0.6) is 0 Å². The second-order valence-corrected chi connectivity index (χ2v) is 5.04. The van der Waals surface area contributed by atoms with E-state index in [4.69, 9.17) is 9.84 Å². The number of aliphatic carboxylic acids is 1. The SMILES string of the molecule is O=C(O)C(NC1CC2CCC1O2)C1CC1. The number of carboxylic acids is 1. The zero-order valence-electron chi connectivity index (χ0n) is 8.69. The van der Waals surface area contributed by atoms with Gasteiger partial charge in [-0.3, -0.25) is 10.1 Å². The minimum Gasteiger partial charge on any atom is -0.480 e. The molecule has 2 N–H and O–H groups in total. The van der Waals surface area contributed by atoms with Gasteiger partial charge in [0.25, 0.3) is 0 Å². The Labute approximate surface area is 89.0 Å². The minimum atomic E-state index is -0.694. The molecule has 4 atom stereocenters. The largest absolute Gasteiger partial charge is 0.480 e. The van der Waals surface area contributed by atoms with Gasteiger partial charge in [-0.2, -0.15) is 0 Å². The van der Waals surface area contributed by atoms with Crippen molar-refractivity contribution in [2.24, 2.45) is 5.92 Å². The molecule has 3 rings (SSSR count). The Hall–Kier alpha value is -0.610. The Kier molecular flexibility index (Phi) is 2.21. The topological polar surface area (TPSA) is 58.6 Å². The maximum Gasteiger partial charge on any atom is 0.320 e. The molecule has 0 aromatic rings. The highest BCUT2D eigenvalue weighted by atomic mass is 16.5. The zero-order chi connectivity index (χ0) is 10.4. The Bertz CT molecular complexity index is 277. The molecule has 3 aliphatic rings. The quantitative estimate of drug-likeness (QED) is 0.720. The van der Waals surface area contributed by atoms with Crippen LogP contribution < -0.4 is 5.32 Å². The molecule has 1 aliphatic carbocycles. The van der Waals surface area contributed by atoms with Gasteiger partial charge in [0.2, 0.25) is 0 Å². The number of nitrogens with one attached hydrogen (secondary N) is 1. The second-order valence-electron chi connectivity index (χ2n) is 5.04. The third-order valence-electron chi connectivity index (χ3n) is 3.86.